The smallest absolute Gasteiger partial charge is 0.184 e. The molecule has 29 heavy (non-hydrogen) atoms. The van der Waals surface area contributed by atoms with Crippen LogP contribution in [0.15, 0.2) is 79.0 Å². The van der Waals surface area contributed by atoms with E-state index in [1.165, 1.54) is 0 Å². The van der Waals surface area contributed by atoms with E-state index in [2.05, 4.69) is 16.4 Å². The molecule has 2 N–H and O–H groups in total. The van der Waals surface area contributed by atoms with Crippen molar-refractivity contribution in [2.24, 2.45) is 0 Å². The van der Waals surface area contributed by atoms with Crippen molar-refractivity contribution in [1.29, 1.82) is 0 Å². The molecule has 0 saturated carbocycles. The van der Waals surface area contributed by atoms with Crippen LogP contribution in [0.4, 0.5) is 5.13 Å². The van der Waals surface area contributed by atoms with Crippen molar-refractivity contribution in [3.8, 4) is 5.75 Å². The molecule has 0 radical (unpaired) electrons. The number of anilines is 1. The van der Waals surface area contributed by atoms with E-state index in [0.29, 0.717) is 5.02 Å². The Bertz CT molecular complexity index is 1280. The van der Waals surface area contributed by atoms with Crippen molar-refractivity contribution < 1.29 is 5.11 Å². The lowest BCUT2D eigenvalue weighted by Crippen LogP contribution is -2.13. The number of aromatic hydroxyl groups is 1. The SMILES string of the molecule is Oc1ccc2ncccc2c1C(Nc1nc2ccccc2s1)c1ccc(Cl)cc1. The van der Waals surface area contributed by atoms with Crippen molar-refractivity contribution in [3.05, 3.63) is 95.1 Å². The fourth-order valence-corrected chi connectivity index (χ4v) is 4.52. The Hall–Kier alpha value is -3.15. The minimum Gasteiger partial charge on any atom is -0.508 e. The number of para-hydroxylation sites is 1. The third-order valence-corrected chi connectivity index (χ3v) is 6.08. The van der Waals surface area contributed by atoms with Crippen LogP contribution in [0, 0.1) is 0 Å². The zero-order valence-electron chi connectivity index (χ0n) is 15.2. The van der Waals surface area contributed by atoms with E-state index < -0.39 is 0 Å². The molecular weight excluding hydrogens is 402 g/mol. The third-order valence-electron chi connectivity index (χ3n) is 4.86. The Morgan fingerprint density at radius 3 is 2.55 bits per heavy atom. The number of hydrogen-bond donors (Lipinski definition) is 2. The number of halogens is 1. The lowest BCUT2D eigenvalue weighted by atomic mass is 9.94. The highest BCUT2D eigenvalue weighted by atomic mass is 35.5. The van der Waals surface area contributed by atoms with Crippen LogP contribution >= 0.6 is 22.9 Å². The summed E-state index contributed by atoms with van der Waals surface area (Å²) in [5.41, 5.74) is 3.50. The molecule has 0 aliphatic carbocycles. The first-order valence-corrected chi connectivity index (χ1v) is 10.3. The van der Waals surface area contributed by atoms with Crippen LogP contribution in [-0.4, -0.2) is 15.1 Å². The molecule has 0 aliphatic heterocycles. The Balaban J connectivity index is 1.69. The van der Waals surface area contributed by atoms with E-state index in [1.807, 2.05) is 60.7 Å². The van der Waals surface area contributed by atoms with E-state index in [9.17, 15) is 5.11 Å². The van der Waals surface area contributed by atoms with Crippen molar-refractivity contribution in [1.82, 2.24) is 9.97 Å². The Kier molecular flexibility index (Phi) is 4.54. The number of thiazole rings is 1. The number of aromatic nitrogens is 2. The maximum atomic E-state index is 10.8. The molecule has 6 heteroatoms. The number of benzene rings is 3. The number of nitrogens with one attached hydrogen (secondary N) is 1. The molecule has 2 heterocycles. The summed E-state index contributed by atoms with van der Waals surface area (Å²) in [5, 5.41) is 16.7. The van der Waals surface area contributed by atoms with Gasteiger partial charge >= 0.3 is 0 Å². The van der Waals surface area contributed by atoms with Gasteiger partial charge in [0.15, 0.2) is 5.13 Å². The summed E-state index contributed by atoms with van der Waals surface area (Å²) in [5.74, 6) is 0.207. The average Bonchev–Trinajstić information content (AvgIpc) is 3.16. The van der Waals surface area contributed by atoms with Crippen LogP contribution in [-0.2, 0) is 0 Å². The Labute approximate surface area is 176 Å². The maximum absolute atomic E-state index is 10.8. The van der Waals surface area contributed by atoms with Crippen LogP contribution in [0.25, 0.3) is 21.1 Å². The second kappa shape index (κ2) is 7.35. The normalized spacial score (nSPS) is 12.3. The lowest BCUT2D eigenvalue weighted by molar-refractivity contribution is 0.468. The zero-order chi connectivity index (χ0) is 19.8. The molecule has 0 fully saturated rings. The average molecular weight is 418 g/mol. The number of pyridine rings is 1. The van der Waals surface area contributed by atoms with Gasteiger partial charge in [0.1, 0.15) is 5.75 Å². The molecule has 1 atom stereocenters. The van der Waals surface area contributed by atoms with E-state index in [1.54, 1.807) is 23.6 Å². The highest BCUT2D eigenvalue weighted by Gasteiger charge is 2.22. The number of phenolic OH excluding ortho intramolecular Hbond substituents is 1. The summed E-state index contributed by atoms with van der Waals surface area (Å²) >= 11 is 7.70. The number of fused-ring (bicyclic) bond motifs is 2. The molecule has 5 rings (SSSR count). The summed E-state index contributed by atoms with van der Waals surface area (Å²) in [7, 11) is 0. The minimum atomic E-state index is -0.319. The van der Waals surface area contributed by atoms with Crippen molar-refractivity contribution >= 4 is 49.2 Å². The molecule has 0 saturated heterocycles. The summed E-state index contributed by atoms with van der Waals surface area (Å²) in [6.45, 7) is 0. The Morgan fingerprint density at radius 2 is 1.72 bits per heavy atom. The topological polar surface area (TPSA) is 58.0 Å². The van der Waals surface area contributed by atoms with E-state index in [-0.39, 0.29) is 11.8 Å². The molecule has 2 aromatic heterocycles. The predicted octanol–water partition coefficient (Wildman–Crippen LogP) is 6.41. The van der Waals surface area contributed by atoms with Gasteiger partial charge in [0.05, 0.1) is 21.8 Å². The second-order valence-corrected chi connectivity index (χ2v) is 8.15. The highest BCUT2D eigenvalue weighted by Crippen LogP contribution is 2.39. The Morgan fingerprint density at radius 1 is 0.897 bits per heavy atom. The molecule has 1 unspecified atom stereocenters. The van der Waals surface area contributed by atoms with E-state index in [4.69, 9.17) is 16.6 Å². The first-order valence-electron chi connectivity index (χ1n) is 9.13. The number of hydrogen-bond acceptors (Lipinski definition) is 5. The third kappa shape index (κ3) is 3.39. The van der Waals surface area contributed by atoms with Gasteiger partial charge in [0, 0.05) is 22.2 Å². The fraction of sp³-hybridized carbons (Fsp3) is 0.0435. The van der Waals surface area contributed by atoms with Gasteiger partial charge in [-0.25, -0.2) is 4.98 Å². The largest absolute Gasteiger partial charge is 0.508 e. The quantitative estimate of drug-likeness (QED) is 0.355. The van der Waals surface area contributed by atoms with Crippen molar-refractivity contribution in [2.45, 2.75) is 6.04 Å². The standard InChI is InChI=1S/C23H16ClN3OS/c24-15-9-7-14(8-10-15)22(27-23-26-18-5-1-2-6-20(18)29-23)21-16-4-3-13-25-17(16)11-12-19(21)28/h1-13,22,28H,(H,26,27). The molecule has 3 aromatic carbocycles. The first-order chi connectivity index (χ1) is 14.2. The fourth-order valence-electron chi connectivity index (χ4n) is 3.50. The molecule has 0 amide bonds. The van der Waals surface area contributed by atoms with Gasteiger partial charge in [0.2, 0.25) is 0 Å². The lowest BCUT2D eigenvalue weighted by Gasteiger charge is -2.22. The summed E-state index contributed by atoms with van der Waals surface area (Å²) in [6.07, 6.45) is 1.75. The summed E-state index contributed by atoms with van der Waals surface area (Å²) < 4.78 is 1.11. The molecule has 0 aliphatic rings. The molecular formula is C23H16ClN3OS. The number of rotatable bonds is 4. The van der Waals surface area contributed by atoms with Gasteiger partial charge in [-0.1, -0.05) is 53.3 Å². The summed E-state index contributed by atoms with van der Waals surface area (Å²) in [6, 6.07) is 22.7. The molecule has 0 spiro atoms. The van der Waals surface area contributed by atoms with Gasteiger partial charge in [-0.2, -0.15) is 0 Å². The number of nitrogens with zero attached hydrogens (tertiary/aromatic N) is 2. The van der Waals surface area contributed by atoms with Gasteiger partial charge in [-0.05, 0) is 48.0 Å². The maximum Gasteiger partial charge on any atom is 0.184 e. The molecule has 4 nitrogen and oxygen atoms in total. The van der Waals surface area contributed by atoms with Gasteiger partial charge < -0.3 is 10.4 Å². The number of phenols is 1. The van der Waals surface area contributed by atoms with Crippen LogP contribution in [0.3, 0.4) is 0 Å². The minimum absolute atomic E-state index is 0.207. The van der Waals surface area contributed by atoms with Gasteiger partial charge in [0.25, 0.3) is 0 Å². The first kappa shape index (κ1) is 17.9. The van der Waals surface area contributed by atoms with E-state index >= 15 is 0 Å². The van der Waals surface area contributed by atoms with Crippen LogP contribution in [0.2, 0.25) is 5.02 Å². The van der Waals surface area contributed by atoms with E-state index in [0.717, 1.165) is 37.4 Å². The molecule has 5 aromatic rings. The summed E-state index contributed by atoms with van der Waals surface area (Å²) in [4.78, 5) is 9.16. The van der Waals surface area contributed by atoms with Gasteiger partial charge in [-0.15, -0.1) is 0 Å². The molecule has 142 valence electrons. The highest BCUT2D eigenvalue weighted by molar-refractivity contribution is 7.22. The predicted molar refractivity (Wildman–Crippen MR) is 120 cm³/mol. The van der Waals surface area contributed by atoms with Crippen LogP contribution in [0.5, 0.6) is 5.75 Å². The van der Waals surface area contributed by atoms with Crippen molar-refractivity contribution in [2.75, 3.05) is 5.32 Å². The zero-order valence-corrected chi connectivity index (χ0v) is 16.8. The van der Waals surface area contributed by atoms with Crippen molar-refractivity contribution in [3.63, 3.8) is 0 Å². The monoisotopic (exact) mass is 417 g/mol. The molecule has 0 bridgehead atoms. The van der Waals surface area contributed by atoms with Crippen LogP contribution in [0.1, 0.15) is 17.2 Å². The van der Waals surface area contributed by atoms with Crippen LogP contribution < -0.4 is 5.32 Å². The van der Waals surface area contributed by atoms with Gasteiger partial charge in [-0.3, -0.25) is 4.98 Å². The second-order valence-electron chi connectivity index (χ2n) is 6.68.